The molecule has 0 fully saturated rings. The van der Waals surface area contributed by atoms with Crippen LogP contribution in [0.25, 0.3) is 0 Å². The van der Waals surface area contributed by atoms with Crippen LogP contribution < -0.4 is 14.8 Å². The molecule has 2 amide bonds. The first-order valence-electron chi connectivity index (χ1n) is 7.60. The zero-order valence-electron chi connectivity index (χ0n) is 14.6. The van der Waals surface area contributed by atoms with E-state index in [-0.39, 0.29) is 12.1 Å². The van der Waals surface area contributed by atoms with Crippen molar-refractivity contribution in [3.63, 3.8) is 0 Å². The number of carbonyl (C=O) groups is 1. The molecule has 7 nitrogen and oxygen atoms in total. The van der Waals surface area contributed by atoms with Gasteiger partial charge in [-0.3, -0.25) is 0 Å². The minimum absolute atomic E-state index is 0.207. The molecule has 7 heteroatoms. The lowest BCUT2D eigenvalue weighted by molar-refractivity contribution is 0.202. The summed E-state index contributed by atoms with van der Waals surface area (Å²) in [6.07, 6.45) is 0. The number of ether oxygens (including phenoxy) is 2. The summed E-state index contributed by atoms with van der Waals surface area (Å²) in [4.78, 5) is 13.9. The number of hydrogen-bond donors (Lipinski definition) is 1. The molecule has 0 aliphatic carbocycles. The topological polar surface area (TPSA) is 76.8 Å². The molecule has 1 N–H and O–H groups in total. The normalized spacial score (nSPS) is 11.7. The van der Waals surface area contributed by atoms with Crippen LogP contribution in [0.15, 0.2) is 28.8 Å². The maximum absolute atomic E-state index is 12.4. The third kappa shape index (κ3) is 4.18. The molecule has 0 aliphatic heterocycles. The SMILES string of the molecule is COc1ccc([C@H](C)NC(=O)N(C)Cc2cc(C)on2)c(OC)c1. The molecule has 1 aromatic carbocycles. The Kier molecular flexibility index (Phi) is 5.68. The number of nitrogens with zero attached hydrogens (tertiary/aromatic N) is 2. The predicted octanol–water partition coefficient (Wildman–Crippen LogP) is 2.90. The van der Waals surface area contributed by atoms with Gasteiger partial charge in [0.15, 0.2) is 0 Å². The van der Waals surface area contributed by atoms with Gasteiger partial charge in [0.25, 0.3) is 0 Å². The monoisotopic (exact) mass is 333 g/mol. The van der Waals surface area contributed by atoms with E-state index >= 15 is 0 Å². The van der Waals surface area contributed by atoms with Crippen LogP contribution in [0.1, 0.15) is 30.0 Å². The van der Waals surface area contributed by atoms with Gasteiger partial charge in [-0.1, -0.05) is 5.16 Å². The highest BCUT2D eigenvalue weighted by molar-refractivity contribution is 5.74. The van der Waals surface area contributed by atoms with E-state index in [0.717, 1.165) is 11.3 Å². The van der Waals surface area contributed by atoms with E-state index in [2.05, 4.69) is 10.5 Å². The second-order valence-corrected chi connectivity index (χ2v) is 5.56. The van der Waals surface area contributed by atoms with Crippen molar-refractivity contribution in [1.29, 1.82) is 0 Å². The van der Waals surface area contributed by atoms with E-state index in [4.69, 9.17) is 14.0 Å². The van der Waals surface area contributed by atoms with E-state index in [1.165, 1.54) is 0 Å². The number of urea groups is 1. The third-order valence-corrected chi connectivity index (χ3v) is 3.67. The quantitative estimate of drug-likeness (QED) is 0.879. The summed E-state index contributed by atoms with van der Waals surface area (Å²) >= 11 is 0. The number of hydrogen-bond acceptors (Lipinski definition) is 5. The molecule has 1 atom stereocenters. The molecular weight excluding hydrogens is 310 g/mol. The van der Waals surface area contributed by atoms with Crippen LogP contribution in [0.4, 0.5) is 4.79 Å². The highest BCUT2D eigenvalue weighted by Crippen LogP contribution is 2.29. The molecule has 0 aliphatic rings. The van der Waals surface area contributed by atoms with Gasteiger partial charge < -0.3 is 24.2 Å². The number of nitrogens with one attached hydrogen (secondary N) is 1. The summed E-state index contributed by atoms with van der Waals surface area (Å²) in [6.45, 7) is 4.08. The standard InChI is InChI=1S/C17H23N3O4/c1-11-8-13(19-24-11)10-20(3)17(21)18-12(2)15-7-6-14(22-4)9-16(15)23-5/h6-9,12H,10H2,1-5H3,(H,18,21)/t12-/m0/s1. The van der Waals surface area contributed by atoms with Crippen molar-refractivity contribution in [2.45, 2.75) is 26.4 Å². The van der Waals surface area contributed by atoms with Crippen molar-refractivity contribution in [3.8, 4) is 11.5 Å². The van der Waals surface area contributed by atoms with Crippen LogP contribution in [-0.2, 0) is 6.54 Å². The van der Waals surface area contributed by atoms with Gasteiger partial charge in [-0.15, -0.1) is 0 Å². The third-order valence-electron chi connectivity index (χ3n) is 3.67. The lowest BCUT2D eigenvalue weighted by Gasteiger charge is -2.22. The van der Waals surface area contributed by atoms with Gasteiger partial charge in [0, 0.05) is 24.7 Å². The van der Waals surface area contributed by atoms with E-state index in [0.29, 0.717) is 23.7 Å². The summed E-state index contributed by atoms with van der Waals surface area (Å²) in [6, 6.07) is 6.88. The highest BCUT2D eigenvalue weighted by atomic mass is 16.5. The zero-order valence-corrected chi connectivity index (χ0v) is 14.6. The average Bonchev–Trinajstić information content (AvgIpc) is 2.98. The summed E-state index contributed by atoms with van der Waals surface area (Å²) in [5.74, 6) is 2.08. The molecule has 0 saturated carbocycles. The van der Waals surface area contributed by atoms with E-state index < -0.39 is 0 Å². The van der Waals surface area contributed by atoms with E-state index in [9.17, 15) is 4.79 Å². The zero-order chi connectivity index (χ0) is 17.7. The summed E-state index contributed by atoms with van der Waals surface area (Å²) in [5, 5.41) is 6.83. The molecule has 2 rings (SSSR count). The molecule has 2 aromatic rings. The average molecular weight is 333 g/mol. The molecule has 1 aromatic heterocycles. The number of benzene rings is 1. The fourth-order valence-corrected chi connectivity index (χ4v) is 2.36. The Morgan fingerprint density at radius 3 is 2.67 bits per heavy atom. The number of rotatable bonds is 6. The van der Waals surface area contributed by atoms with Crippen LogP contribution in [0.5, 0.6) is 11.5 Å². The second-order valence-electron chi connectivity index (χ2n) is 5.56. The number of aryl methyl sites for hydroxylation is 1. The first-order chi connectivity index (χ1) is 11.4. The molecule has 0 spiro atoms. The molecule has 1 heterocycles. The van der Waals surface area contributed by atoms with Gasteiger partial charge in [0.05, 0.1) is 26.8 Å². The number of amides is 2. The van der Waals surface area contributed by atoms with Crippen molar-refractivity contribution >= 4 is 6.03 Å². The second kappa shape index (κ2) is 7.72. The van der Waals surface area contributed by atoms with Gasteiger partial charge in [0.2, 0.25) is 0 Å². The Morgan fingerprint density at radius 2 is 2.08 bits per heavy atom. The maximum Gasteiger partial charge on any atom is 0.317 e. The van der Waals surface area contributed by atoms with Gasteiger partial charge in [-0.25, -0.2) is 4.79 Å². The van der Waals surface area contributed by atoms with Crippen molar-refractivity contribution in [2.24, 2.45) is 0 Å². The Morgan fingerprint density at radius 1 is 1.33 bits per heavy atom. The van der Waals surface area contributed by atoms with Crippen molar-refractivity contribution in [1.82, 2.24) is 15.4 Å². The van der Waals surface area contributed by atoms with Crippen molar-refractivity contribution in [3.05, 3.63) is 41.3 Å². The lowest BCUT2D eigenvalue weighted by Crippen LogP contribution is -2.38. The smallest absolute Gasteiger partial charge is 0.317 e. The molecule has 130 valence electrons. The van der Waals surface area contributed by atoms with Crippen LogP contribution in [0.3, 0.4) is 0 Å². The minimum atomic E-state index is -0.222. The fraction of sp³-hybridized carbons (Fsp3) is 0.412. The number of carbonyl (C=O) groups excluding carboxylic acids is 1. The van der Waals surface area contributed by atoms with Gasteiger partial charge >= 0.3 is 6.03 Å². The lowest BCUT2D eigenvalue weighted by atomic mass is 10.1. The molecule has 0 bridgehead atoms. The Balaban J connectivity index is 2.02. The first kappa shape index (κ1) is 17.7. The fourth-order valence-electron chi connectivity index (χ4n) is 2.36. The first-order valence-corrected chi connectivity index (χ1v) is 7.60. The predicted molar refractivity (Wildman–Crippen MR) is 89.2 cm³/mol. The van der Waals surface area contributed by atoms with Crippen LogP contribution in [0, 0.1) is 6.92 Å². The Bertz CT molecular complexity index is 699. The molecule has 0 unspecified atom stereocenters. The summed E-state index contributed by atoms with van der Waals surface area (Å²) in [7, 11) is 4.89. The van der Waals surface area contributed by atoms with E-state index in [1.807, 2.05) is 26.0 Å². The molecular formula is C17H23N3O4. The van der Waals surface area contributed by atoms with Crippen LogP contribution in [0.2, 0.25) is 0 Å². The van der Waals surface area contributed by atoms with Crippen molar-refractivity contribution in [2.75, 3.05) is 21.3 Å². The largest absolute Gasteiger partial charge is 0.497 e. The van der Waals surface area contributed by atoms with E-state index in [1.54, 1.807) is 38.3 Å². The maximum atomic E-state index is 12.4. The molecule has 0 saturated heterocycles. The molecule has 24 heavy (non-hydrogen) atoms. The van der Waals surface area contributed by atoms with Crippen LogP contribution >= 0.6 is 0 Å². The van der Waals surface area contributed by atoms with Gasteiger partial charge in [0.1, 0.15) is 23.0 Å². The Hall–Kier alpha value is -2.70. The Labute approximate surface area is 141 Å². The minimum Gasteiger partial charge on any atom is -0.497 e. The van der Waals surface area contributed by atoms with Crippen LogP contribution in [-0.4, -0.2) is 37.4 Å². The van der Waals surface area contributed by atoms with Gasteiger partial charge in [-0.2, -0.15) is 0 Å². The van der Waals surface area contributed by atoms with Crippen molar-refractivity contribution < 1.29 is 18.8 Å². The summed E-state index contributed by atoms with van der Waals surface area (Å²) < 4.78 is 15.6. The molecule has 0 radical (unpaired) electrons. The number of methoxy groups -OCH3 is 2. The summed E-state index contributed by atoms with van der Waals surface area (Å²) in [5.41, 5.74) is 1.58. The number of aromatic nitrogens is 1. The van der Waals surface area contributed by atoms with Gasteiger partial charge in [-0.05, 0) is 26.0 Å². The highest BCUT2D eigenvalue weighted by Gasteiger charge is 2.18.